The highest BCUT2D eigenvalue weighted by Crippen LogP contribution is 2.25. The molecule has 3 aromatic carbocycles. The number of amides is 2. The zero-order chi connectivity index (χ0) is 38.1. The van der Waals surface area contributed by atoms with E-state index in [1.54, 1.807) is 20.8 Å². The smallest absolute Gasteiger partial charge is 0.335 e. The van der Waals surface area contributed by atoms with E-state index in [-0.39, 0.29) is 28.3 Å². The van der Waals surface area contributed by atoms with E-state index in [4.69, 9.17) is 0 Å². The largest absolute Gasteiger partial charge is 0.480 e. The van der Waals surface area contributed by atoms with Crippen molar-refractivity contribution in [2.75, 3.05) is 10.0 Å². The molecule has 270 valence electrons. The van der Waals surface area contributed by atoms with Crippen molar-refractivity contribution in [1.29, 1.82) is 0 Å². The number of carboxylic acids is 1. The number of pyridine rings is 1. The Balaban J connectivity index is 1.29. The average molecular weight is 735 g/mol. The van der Waals surface area contributed by atoms with Crippen LogP contribution < -0.4 is 26.6 Å². The van der Waals surface area contributed by atoms with Crippen LogP contribution in [0.15, 0.2) is 93.6 Å². The molecule has 52 heavy (non-hydrogen) atoms. The zero-order valence-corrected chi connectivity index (χ0v) is 28.9. The highest BCUT2D eigenvalue weighted by Gasteiger charge is 2.26. The highest BCUT2D eigenvalue weighted by molar-refractivity contribution is 7.92. The number of aromatic nitrogens is 3. The van der Waals surface area contributed by atoms with Crippen LogP contribution in [0.3, 0.4) is 0 Å². The summed E-state index contributed by atoms with van der Waals surface area (Å²) < 4.78 is 60.1. The Labute approximate surface area is 294 Å². The van der Waals surface area contributed by atoms with Gasteiger partial charge in [-0.15, -0.1) is 0 Å². The van der Waals surface area contributed by atoms with Crippen LogP contribution in [0.1, 0.15) is 36.7 Å². The number of rotatable bonds is 10. The lowest BCUT2D eigenvalue weighted by Crippen LogP contribution is -2.42. The number of halogens is 2. The van der Waals surface area contributed by atoms with Crippen molar-refractivity contribution in [2.24, 2.45) is 12.5 Å². The minimum absolute atomic E-state index is 0.193. The third-order valence-corrected chi connectivity index (χ3v) is 9.34. The van der Waals surface area contributed by atoms with E-state index in [0.29, 0.717) is 28.9 Å². The molecule has 0 radical (unpaired) electrons. The normalized spacial score (nSPS) is 12.3. The second-order valence-electron chi connectivity index (χ2n) is 12.8. The Bertz CT molecular complexity index is 2460. The Morgan fingerprint density at radius 2 is 1.60 bits per heavy atom. The molecule has 0 spiro atoms. The molecular formula is C35H32F2N6O8S. The van der Waals surface area contributed by atoms with Crippen molar-refractivity contribution < 1.29 is 36.7 Å². The van der Waals surface area contributed by atoms with Crippen LogP contribution in [0.25, 0.3) is 16.6 Å². The number of benzene rings is 3. The van der Waals surface area contributed by atoms with Crippen molar-refractivity contribution >= 4 is 50.1 Å². The molecule has 0 fully saturated rings. The number of carboxylic acid groups (broad SMARTS) is 1. The Hall–Kier alpha value is -6.23. The van der Waals surface area contributed by atoms with Crippen LogP contribution in [0.5, 0.6) is 0 Å². The van der Waals surface area contributed by atoms with Crippen molar-refractivity contribution in [1.82, 2.24) is 19.4 Å². The summed E-state index contributed by atoms with van der Waals surface area (Å²) in [6, 6.07) is 11.4. The van der Waals surface area contributed by atoms with E-state index >= 15 is 8.78 Å². The van der Waals surface area contributed by atoms with E-state index in [1.807, 2.05) is 4.72 Å². The van der Waals surface area contributed by atoms with Crippen molar-refractivity contribution in [2.45, 2.75) is 38.1 Å². The van der Waals surface area contributed by atoms with Crippen LogP contribution >= 0.6 is 0 Å². The van der Waals surface area contributed by atoms with E-state index in [2.05, 4.69) is 15.6 Å². The zero-order valence-electron chi connectivity index (χ0n) is 28.1. The first-order valence-corrected chi connectivity index (χ1v) is 17.0. The topological polar surface area (TPSA) is 199 Å². The van der Waals surface area contributed by atoms with Crippen LogP contribution in [0.2, 0.25) is 0 Å². The first kappa shape index (κ1) is 37.0. The minimum atomic E-state index is -4.45. The number of sulfonamides is 1. The monoisotopic (exact) mass is 734 g/mol. The summed E-state index contributed by atoms with van der Waals surface area (Å²) in [6.07, 6.45) is 2.48. The molecule has 14 nitrogen and oxygen atoms in total. The summed E-state index contributed by atoms with van der Waals surface area (Å²) in [5.41, 5.74) is -2.44. The van der Waals surface area contributed by atoms with Crippen LogP contribution in [-0.2, 0) is 33.1 Å². The predicted molar refractivity (Wildman–Crippen MR) is 187 cm³/mol. The van der Waals surface area contributed by atoms with Gasteiger partial charge in [0.25, 0.3) is 21.5 Å². The molecule has 0 aliphatic rings. The summed E-state index contributed by atoms with van der Waals surface area (Å²) >= 11 is 0. The van der Waals surface area contributed by atoms with Gasteiger partial charge in [0.15, 0.2) is 0 Å². The number of hydrogen-bond donors (Lipinski definition) is 4. The summed E-state index contributed by atoms with van der Waals surface area (Å²) in [7, 11) is -2.97. The van der Waals surface area contributed by atoms with Crippen LogP contribution in [0.4, 0.5) is 20.2 Å². The molecule has 17 heteroatoms. The molecule has 0 aliphatic heterocycles. The second-order valence-corrected chi connectivity index (χ2v) is 14.4. The van der Waals surface area contributed by atoms with Gasteiger partial charge in [0.2, 0.25) is 5.91 Å². The van der Waals surface area contributed by atoms with Gasteiger partial charge in [-0.05, 0) is 54.1 Å². The standard InChI is InChI=1S/C35H32F2N6O8S/c1-35(2,3)33(48)39-20-7-11-22(12-8-20)52(50,51)41-27-17-25(36)24(16-26(27)37)30(44)40-28(32(46)47)15-19-5-9-21(10-6-19)43-31(45)23-13-14-38-18-29(23)42(4)34(43)49/h5-14,16-18,28,41H,15H2,1-4H3,(H,39,48)(H,40,44)(H,46,47). The van der Waals surface area contributed by atoms with Gasteiger partial charge in [0.05, 0.1) is 38.9 Å². The van der Waals surface area contributed by atoms with Crippen molar-refractivity contribution in [3.8, 4) is 5.69 Å². The number of carbonyl (C=O) groups is 3. The summed E-state index contributed by atoms with van der Waals surface area (Å²) in [5, 5.41) is 14.8. The third kappa shape index (κ3) is 7.73. The van der Waals surface area contributed by atoms with Gasteiger partial charge in [-0.25, -0.2) is 31.4 Å². The number of nitrogens with one attached hydrogen (secondary N) is 3. The maximum absolute atomic E-state index is 15.1. The summed E-state index contributed by atoms with van der Waals surface area (Å²) in [4.78, 5) is 66.8. The molecule has 2 amide bonds. The second kappa shape index (κ2) is 14.2. The summed E-state index contributed by atoms with van der Waals surface area (Å²) in [5.74, 6) is -5.76. The fraction of sp³-hybridized carbons (Fsp3) is 0.200. The molecule has 4 N–H and O–H groups in total. The molecule has 1 unspecified atom stereocenters. The molecule has 0 saturated heterocycles. The lowest BCUT2D eigenvalue weighted by molar-refractivity contribution is -0.139. The van der Waals surface area contributed by atoms with Gasteiger partial charge in [-0.3, -0.25) is 28.7 Å². The van der Waals surface area contributed by atoms with Crippen molar-refractivity contribution in [3.05, 3.63) is 123 Å². The molecule has 5 aromatic rings. The van der Waals surface area contributed by atoms with Crippen LogP contribution in [-0.4, -0.2) is 51.5 Å². The number of fused-ring (bicyclic) bond motifs is 1. The number of anilines is 2. The number of nitrogens with zero attached hydrogens (tertiary/aromatic N) is 3. The SMILES string of the molecule is Cn1c(=O)n(-c2ccc(CC(NC(=O)c3cc(F)c(NS(=O)(=O)c4ccc(NC(=O)C(C)(C)C)cc4)cc3F)C(=O)O)cc2)c(=O)c2ccncc21. The molecular weight excluding hydrogens is 702 g/mol. The lowest BCUT2D eigenvalue weighted by atomic mass is 9.95. The van der Waals surface area contributed by atoms with E-state index in [9.17, 15) is 37.5 Å². The number of hydrogen-bond acceptors (Lipinski definition) is 8. The fourth-order valence-corrected chi connectivity index (χ4v) is 6.07. The van der Waals surface area contributed by atoms with Gasteiger partial charge in [0, 0.05) is 36.8 Å². The van der Waals surface area contributed by atoms with Gasteiger partial charge in [-0.2, -0.15) is 0 Å². The summed E-state index contributed by atoms with van der Waals surface area (Å²) in [6.45, 7) is 5.09. The molecule has 0 saturated carbocycles. The Morgan fingerprint density at radius 3 is 2.21 bits per heavy atom. The average Bonchev–Trinajstić information content (AvgIpc) is 3.08. The van der Waals surface area contributed by atoms with Gasteiger partial charge < -0.3 is 15.7 Å². The molecule has 2 heterocycles. The van der Waals surface area contributed by atoms with Gasteiger partial charge in [-0.1, -0.05) is 32.9 Å². The first-order valence-electron chi connectivity index (χ1n) is 15.5. The molecule has 2 aromatic heterocycles. The highest BCUT2D eigenvalue weighted by atomic mass is 32.2. The predicted octanol–water partition coefficient (Wildman–Crippen LogP) is 3.57. The first-order chi connectivity index (χ1) is 24.4. The quantitative estimate of drug-likeness (QED) is 0.166. The maximum atomic E-state index is 15.1. The fourth-order valence-electron chi connectivity index (χ4n) is 5.01. The van der Waals surface area contributed by atoms with E-state index < -0.39 is 67.5 Å². The maximum Gasteiger partial charge on any atom is 0.335 e. The van der Waals surface area contributed by atoms with Crippen molar-refractivity contribution in [3.63, 3.8) is 0 Å². The number of aliphatic carboxylic acids is 1. The third-order valence-electron chi connectivity index (χ3n) is 7.96. The lowest BCUT2D eigenvalue weighted by Gasteiger charge is -2.18. The van der Waals surface area contributed by atoms with Gasteiger partial charge >= 0.3 is 11.7 Å². The molecule has 0 bridgehead atoms. The van der Waals surface area contributed by atoms with Crippen LogP contribution in [0, 0.1) is 17.0 Å². The van der Waals surface area contributed by atoms with Gasteiger partial charge in [0.1, 0.15) is 17.7 Å². The Kier molecular flexibility index (Phi) is 10.1. The van der Waals surface area contributed by atoms with E-state index in [1.165, 1.54) is 66.5 Å². The minimum Gasteiger partial charge on any atom is -0.480 e. The molecule has 0 aliphatic carbocycles. The number of aryl methyl sites for hydroxylation is 1. The van der Waals surface area contributed by atoms with E-state index in [0.717, 1.165) is 16.7 Å². The number of carbonyl (C=O) groups excluding carboxylic acids is 2. The molecule has 1 atom stereocenters. The molecule has 5 rings (SSSR count). The Morgan fingerprint density at radius 1 is 0.942 bits per heavy atom.